The van der Waals surface area contributed by atoms with E-state index < -0.39 is 0 Å². The Morgan fingerprint density at radius 2 is 1.88 bits per heavy atom. The van der Waals surface area contributed by atoms with Crippen LogP contribution in [-0.2, 0) is 0 Å². The number of carbonyl (C=O) groups excluding carboxylic acids is 1. The summed E-state index contributed by atoms with van der Waals surface area (Å²) in [5.74, 6) is 0.761. The van der Waals surface area contributed by atoms with E-state index in [2.05, 4.69) is 10.5 Å². The Bertz CT molecular complexity index is 869. The Balaban J connectivity index is 1.96. The number of ether oxygens (including phenoxy) is 1. The highest BCUT2D eigenvalue weighted by Gasteiger charge is 2.22. The Kier molecular flexibility index (Phi) is 4.20. The summed E-state index contributed by atoms with van der Waals surface area (Å²) in [7, 11) is 1.54. The highest BCUT2D eigenvalue weighted by atomic mass is 16.5. The fraction of sp³-hybridized carbons (Fsp3) is 0.111. The van der Waals surface area contributed by atoms with Crippen molar-refractivity contribution in [3.05, 3.63) is 59.9 Å². The van der Waals surface area contributed by atoms with E-state index in [1.165, 1.54) is 19.2 Å². The number of anilines is 1. The maximum atomic E-state index is 12.7. The number of amides is 1. The minimum absolute atomic E-state index is 0.138. The van der Waals surface area contributed by atoms with E-state index >= 15 is 0 Å². The first kappa shape index (κ1) is 15.6. The van der Waals surface area contributed by atoms with Gasteiger partial charge in [0.15, 0.2) is 0 Å². The van der Waals surface area contributed by atoms with Gasteiger partial charge in [-0.2, -0.15) is 0 Å². The second kappa shape index (κ2) is 6.45. The summed E-state index contributed by atoms with van der Waals surface area (Å²) >= 11 is 0. The van der Waals surface area contributed by atoms with Crippen LogP contribution in [0, 0.1) is 6.92 Å². The molecule has 0 aliphatic carbocycles. The van der Waals surface area contributed by atoms with Gasteiger partial charge in [0.1, 0.15) is 28.5 Å². The van der Waals surface area contributed by atoms with Gasteiger partial charge in [-0.15, -0.1) is 0 Å². The summed E-state index contributed by atoms with van der Waals surface area (Å²) in [6.45, 7) is 1.67. The highest BCUT2D eigenvalue weighted by Crippen LogP contribution is 2.29. The van der Waals surface area contributed by atoms with E-state index in [0.29, 0.717) is 34.0 Å². The number of rotatable bonds is 4. The lowest BCUT2D eigenvalue weighted by Gasteiger charge is -2.10. The molecule has 1 aromatic heterocycles. The van der Waals surface area contributed by atoms with Gasteiger partial charge < -0.3 is 19.7 Å². The smallest absolute Gasteiger partial charge is 0.261 e. The van der Waals surface area contributed by atoms with Crippen LogP contribution in [0.15, 0.2) is 53.1 Å². The van der Waals surface area contributed by atoms with Crippen LogP contribution in [0.1, 0.15) is 16.1 Å². The lowest BCUT2D eigenvalue weighted by atomic mass is 10.1. The number of para-hydroxylation sites is 2. The summed E-state index contributed by atoms with van der Waals surface area (Å²) in [6, 6.07) is 13.5. The van der Waals surface area contributed by atoms with Gasteiger partial charge in [-0.3, -0.25) is 4.79 Å². The van der Waals surface area contributed by atoms with Crippen LogP contribution in [-0.4, -0.2) is 23.3 Å². The van der Waals surface area contributed by atoms with Gasteiger partial charge in [0.2, 0.25) is 0 Å². The number of aromatic nitrogens is 1. The first-order valence-corrected chi connectivity index (χ1v) is 7.30. The molecule has 0 spiro atoms. The van der Waals surface area contributed by atoms with E-state index in [-0.39, 0.29) is 11.7 Å². The van der Waals surface area contributed by atoms with E-state index in [1.807, 2.05) is 6.07 Å². The van der Waals surface area contributed by atoms with Gasteiger partial charge in [0, 0.05) is 5.56 Å². The number of aryl methyl sites for hydroxylation is 1. The third-order valence-corrected chi connectivity index (χ3v) is 3.59. The van der Waals surface area contributed by atoms with Crippen LogP contribution in [0.25, 0.3) is 11.3 Å². The summed E-state index contributed by atoms with van der Waals surface area (Å²) in [5.41, 5.74) is 1.99. The van der Waals surface area contributed by atoms with Crippen molar-refractivity contribution in [2.45, 2.75) is 6.92 Å². The van der Waals surface area contributed by atoms with E-state index in [9.17, 15) is 9.90 Å². The molecule has 2 N–H and O–H groups in total. The van der Waals surface area contributed by atoms with Gasteiger partial charge in [-0.05, 0) is 43.3 Å². The van der Waals surface area contributed by atoms with Gasteiger partial charge in [-0.25, -0.2) is 0 Å². The molecule has 0 unspecified atom stereocenters. The van der Waals surface area contributed by atoms with E-state index in [0.717, 1.165) is 0 Å². The number of phenolic OH excluding ortho intramolecular Hbond substituents is 1. The molecule has 0 fully saturated rings. The maximum absolute atomic E-state index is 12.7. The minimum Gasteiger partial charge on any atom is -0.508 e. The molecule has 6 nitrogen and oxygen atoms in total. The second-order valence-electron chi connectivity index (χ2n) is 5.16. The summed E-state index contributed by atoms with van der Waals surface area (Å²) in [4.78, 5) is 12.7. The van der Waals surface area contributed by atoms with Crippen molar-refractivity contribution in [1.82, 2.24) is 5.16 Å². The normalized spacial score (nSPS) is 10.4. The number of benzene rings is 2. The van der Waals surface area contributed by atoms with Crippen molar-refractivity contribution in [3.63, 3.8) is 0 Å². The molecule has 0 aliphatic rings. The Morgan fingerprint density at radius 3 is 2.58 bits per heavy atom. The molecule has 6 heteroatoms. The molecule has 122 valence electrons. The zero-order valence-electron chi connectivity index (χ0n) is 13.2. The van der Waals surface area contributed by atoms with E-state index in [4.69, 9.17) is 9.26 Å². The topological polar surface area (TPSA) is 84.6 Å². The van der Waals surface area contributed by atoms with Crippen molar-refractivity contribution in [1.29, 1.82) is 0 Å². The fourth-order valence-corrected chi connectivity index (χ4v) is 2.39. The summed E-state index contributed by atoms with van der Waals surface area (Å²) in [5, 5.41) is 16.2. The van der Waals surface area contributed by atoms with Crippen LogP contribution in [0.5, 0.6) is 11.5 Å². The Hall–Kier alpha value is -3.28. The second-order valence-corrected chi connectivity index (χ2v) is 5.16. The third kappa shape index (κ3) is 2.94. The molecular formula is C18H16N2O4. The van der Waals surface area contributed by atoms with Crippen molar-refractivity contribution in [3.8, 4) is 22.8 Å². The zero-order valence-corrected chi connectivity index (χ0v) is 13.2. The number of hydrogen-bond acceptors (Lipinski definition) is 5. The predicted molar refractivity (Wildman–Crippen MR) is 89.3 cm³/mol. The van der Waals surface area contributed by atoms with Crippen LogP contribution < -0.4 is 10.1 Å². The molecule has 0 radical (unpaired) electrons. The van der Waals surface area contributed by atoms with Gasteiger partial charge in [-0.1, -0.05) is 17.3 Å². The first-order valence-electron chi connectivity index (χ1n) is 7.30. The molecule has 1 heterocycles. The predicted octanol–water partition coefficient (Wildman–Crippen LogP) is 3.62. The maximum Gasteiger partial charge on any atom is 0.261 e. The number of aromatic hydroxyl groups is 1. The zero-order chi connectivity index (χ0) is 17.1. The molecule has 0 bridgehead atoms. The standard InChI is InChI=1S/C18H16N2O4/c1-11-16(17(20-24-11)12-7-9-13(21)10-8-12)18(22)19-14-5-3-4-6-15(14)23-2/h3-10,21H,1-2H3,(H,19,22). The molecule has 0 saturated carbocycles. The van der Waals surface area contributed by atoms with Crippen LogP contribution in [0.3, 0.4) is 0 Å². The number of methoxy groups -OCH3 is 1. The number of hydrogen-bond donors (Lipinski definition) is 2. The monoisotopic (exact) mass is 324 g/mol. The molecule has 24 heavy (non-hydrogen) atoms. The van der Waals surface area contributed by atoms with Gasteiger partial charge in [0.05, 0.1) is 12.8 Å². The SMILES string of the molecule is COc1ccccc1NC(=O)c1c(-c2ccc(O)cc2)noc1C. The first-order chi connectivity index (χ1) is 11.6. The average molecular weight is 324 g/mol. The number of nitrogens with one attached hydrogen (secondary N) is 1. The van der Waals surface area contributed by atoms with Crippen molar-refractivity contribution >= 4 is 11.6 Å². The fourth-order valence-electron chi connectivity index (χ4n) is 2.39. The Morgan fingerprint density at radius 1 is 1.17 bits per heavy atom. The van der Waals surface area contributed by atoms with Crippen LogP contribution in [0.2, 0.25) is 0 Å². The largest absolute Gasteiger partial charge is 0.508 e. The molecule has 1 amide bonds. The average Bonchev–Trinajstić information content (AvgIpc) is 2.97. The summed E-state index contributed by atoms with van der Waals surface area (Å²) < 4.78 is 10.4. The van der Waals surface area contributed by atoms with Crippen molar-refractivity contribution in [2.75, 3.05) is 12.4 Å². The quantitative estimate of drug-likeness (QED) is 0.766. The lowest BCUT2D eigenvalue weighted by molar-refractivity contribution is 0.102. The summed E-state index contributed by atoms with van der Waals surface area (Å²) in [6.07, 6.45) is 0. The number of phenols is 1. The molecule has 0 atom stereocenters. The van der Waals surface area contributed by atoms with Crippen LogP contribution in [0.4, 0.5) is 5.69 Å². The van der Waals surface area contributed by atoms with Gasteiger partial charge in [0.25, 0.3) is 5.91 Å². The van der Waals surface area contributed by atoms with Crippen molar-refractivity contribution < 1.29 is 19.2 Å². The minimum atomic E-state index is -0.346. The third-order valence-electron chi connectivity index (χ3n) is 3.59. The molecule has 3 aromatic rings. The Labute approximate surface area is 138 Å². The molecule has 2 aromatic carbocycles. The number of nitrogens with zero attached hydrogens (tertiary/aromatic N) is 1. The highest BCUT2D eigenvalue weighted by molar-refractivity contribution is 6.09. The molecule has 0 aliphatic heterocycles. The van der Waals surface area contributed by atoms with Crippen molar-refractivity contribution in [2.24, 2.45) is 0 Å². The molecular weight excluding hydrogens is 308 g/mol. The van der Waals surface area contributed by atoms with Gasteiger partial charge >= 0.3 is 0 Å². The van der Waals surface area contributed by atoms with E-state index in [1.54, 1.807) is 37.3 Å². The molecule has 0 saturated heterocycles. The lowest BCUT2D eigenvalue weighted by Crippen LogP contribution is -2.14. The number of carbonyl (C=O) groups is 1. The molecule has 3 rings (SSSR count). The van der Waals surface area contributed by atoms with Crippen LogP contribution >= 0.6 is 0 Å².